The number of hydrogen-bond donors (Lipinski definition) is 2. The van der Waals surface area contributed by atoms with Gasteiger partial charge in [-0.3, -0.25) is 0 Å². The summed E-state index contributed by atoms with van der Waals surface area (Å²) in [5, 5.41) is 10.4. The summed E-state index contributed by atoms with van der Waals surface area (Å²) in [5.41, 5.74) is 2.67. The van der Waals surface area contributed by atoms with Crippen molar-refractivity contribution in [1.82, 2.24) is 15.0 Å². The van der Waals surface area contributed by atoms with Crippen molar-refractivity contribution in [3.8, 4) is 0 Å². The molecule has 0 saturated carbocycles. The number of carbonyl (C=O) groups is 1. The molecule has 2 heterocycles. The largest absolute Gasteiger partial charge is 0.478 e. The number of H-pyrrole nitrogens is 1. The molecule has 0 amide bonds. The number of fused-ring (bicyclic) bond motifs is 1. The smallest absolute Gasteiger partial charge is 0.338 e. The molecule has 20 heavy (non-hydrogen) atoms. The van der Waals surface area contributed by atoms with Crippen LogP contribution in [0.4, 0.5) is 0 Å². The summed E-state index contributed by atoms with van der Waals surface area (Å²) in [4.78, 5) is 23.0. The Bertz CT molecular complexity index is 765. The van der Waals surface area contributed by atoms with Gasteiger partial charge in [0.1, 0.15) is 5.03 Å². The van der Waals surface area contributed by atoms with Gasteiger partial charge in [-0.2, -0.15) is 0 Å². The van der Waals surface area contributed by atoms with E-state index in [9.17, 15) is 9.90 Å². The van der Waals surface area contributed by atoms with Crippen LogP contribution in [0.25, 0.3) is 11.0 Å². The molecule has 0 radical (unpaired) electrons. The average Bonchev–Trinajstić information content (AvgIpc) is 2.80. The van der Waals surface area contributed by atoms with Crippen LogP contribution in [0.2, 0.25) is 0 Å². The van der Waals surface area contributed by atoms with E-state index in [4.69, 9.17) is 0 Å². The first-order valence-electron chi connectivity index (χ1n) is 5.96. The van der Waals surface area contributed by atoms with Crippen LogP contribution in [-0.4, -0.2) is 26.0 Å². The molecule has 3 rings (SSSR count). The molecule has 6 heteroatoms. The van der Waals surface area contributed by atoms with E-state index in [1.807, 2.05) is 24.3 Å². The third kappa shape index (κ3) is 2.25. The number of aromatic nitrogens is 3. The van der Waals surface area contributed by atoms with Crippen molar-refractivity contribution in [2.45, 2.75) is 17.1 Å². The number of aryl methyl sites for hydroxylation is 1. The van der Waals surface area contributed by atoms with Gasteiger partial charge in [0.2, 0.25) is 0 Å². The minimum absolute atomic E-state index is 0.220. The fraction of sp³-hybridized carbons (Fsp3) is 0.0714. The Hall–Kier alpha value is -2.34. The molecular formula is C14H11N3O2S. The Morgan fingerprint density at radius 3 is 2.85 bits per heavy atom. The molecule has 0 atom stereocenters. The minimum Gasteiger partial charge on any atom is -0.478 e. The van der Waals surface area contributed by atoms with Crippen molar-refractivity contribution >= 4 is 28.8 Å². The maximum absolute atomic E-state index is 11.3. The van der Waals surface area contributed by atoms with Crippen molar-refractivity contribution in [3.63, 3.8) is 0 Å². The van der Waals surface area contributed by atoms with E-state index < -0.39 is 5.97 Å². The van der Waals surface area contributed by atoms with Crippen molar-refractivity contribution in [3.05, 3.63) is 47.7 Å². The van der Waals surface area contributed by atoms with E-state index in [2.05, 4.69) is 15.0 Å². The van der Waals surface area contributed by atoms with Gasteiger partial charge in [-0.1, -0.05) is 12.1 Å². The zero-order valence-electron chi connectivity index (χ0n) is 10.6. The highest BCUT2D eigenvalue weighted by Crippen LogP contribution is 2.29. The molecule has 1 aromatic carbocycles. The zero-order chi connectivity index (χ0) is 14.1. The summed E-state index contributed by atoms with van der Waals surface area (Å²) in [7, 11) is 0. The first kappa shape index (κ1) is 12.7. The van der Waals surface area contributed by atoms with Gasteiger partial charge in [0.15, 0.2) is 5.16 Å². The number of carboxylic acids is 1. The normalized spacial score (nSPS) is 10.8. The lowest BCUT2D eigenvalue weighted by Gasteiger charge is -2.05. The van der Waals surface area contributed by atoms with E-state index in [1.165, 1.54) is 11.8 Å². The Morgan fingerprint density at radius 2 is 2.10 bits per heavy atom. The van der Waals surface area contributed by atoms with Crippen molar-refractivity contribution in [1.29, 1.82) is 0 Å². The van der Waals surface area contributed by atoms with Gasteiger partial charge in [-0.05, 0) is 42.4 Å². The molecule has 0 aliphatic heterocycles. The zero-order valence-corrected chi connectivity index (χ0v) is 11.4. The van der Waals surface area contributed by atoms with E-state index in [-0.39, 0.29) is 5.56 Å². The molecule has 5 nitrogen and oxygen atoms in total. The number of pyridine rings is 1. The third-order valence-electron chi connectivity index (χ3n) is 2.90. The number of para-hydroxylation sites is 2. The lowest BCUT2D eigenvalue weighted by atomic mass is 10.2. The van der Waals surface area contributed by atoms with Crippen molar-refractivity contribution < 1.29 is 9.90 Å². The Morgan fingerprint density at radius 1 is 1.30 bits per heavy atom. The molecule has 0 bridgehead atoms. The van der Waals surface area contributed by atoms with Gasteiger partial charge in [0.05, 0.1) is 16.6 Å². The topological polar surface area (TPSA) is 78.9 Å². The SMILES string of the molecule is Cc1ccnc(Sc2nc3ccccc3[nH]2)c1C(=O)O. The highest BCUT2D eigenvalue weighted by Gasteiger charge is 2.16. The molecule has 0 aliphatic carbocycles. The Labute approximate surface area is 119 Å². The second-order valence-corrected chi connectivity index (χ2v) is 5.25. The van der Waals surface area contributed by atoms with Gasteiger partial charge in [-0.25, -0.2) is 14.8 Å². The highest BCUT2D eigenvalue weighted by molar-refractivity contribution is 7.99. The van der Waals surface area contributed by atoms with Crippen molar-refractivity contribution in [2.75, 3.05) is 0 Å². The molecule has 0 saturated heterocycles. The maximum Gasteiger partial charge on any atom is 0.338 e. The number of benzene rings is 1. The molecular weight excluding hydrogens is 274 g/mol. The molecule has 100 valence electrons. The van der Waals surface area contributed by atoms with Crippen LogP contribution in [0.3, 0.4) is 0 Å². The van der Waals surface area contributed by atoms with Gasteiger partial charge in [-0.15, -0.1) is 0 Å². The van der Waals surface area contributed by atoms with Gasteiger partial charge in [0, 0.05) is 6.20 Å². The van der Waals surface area contributed by atoms with Crippen LogP contribution < -0.4 is 0 Å². The number of nitrogens with zero attached hydrogens (tertiary/aromatic N) is 2. The Kier molecular flexibility index (Phi) is 3.15. The Balaban J connectivity index is 2.02. The number of carboxylic acid groups (broad SMARTS) is 1. The molecule has 0 spiro atoms. The van der Waals surface area contributed by atoms with E-state index >= 15 is 0 Å². The van der Waals surface area contributed by atoms with Crippen LogP contribution in [0.5, 0.6) is 0 Å². The summed E-state index contributed by atoms with van der Waals surface area (Å²) in [6.45, 7) is 1.76. The lowest BCUT2D eigenvalue weighted by Crippen LogP contribution is -2.03. The second kappa shape index (κ2) is 4.97. The van der Waals surface area contributed by atoms with Crippen LogP contribution >= 0.6 is 11.8 Å². The molecule has 3 aromatic rings. The van der Waals surface area contributed by atoms with Crippen molar-refractivity contribution in [2.24, 2.45) is 0 Å². The fourth-order valence-corrected chi connectivity index (χ4v) is 2.89. The maximum atomic E-state index is 11.3. The van der Waals surface area contributed by atoms with E-state index in [1.54, 1.807) is 19.2 Å². The standard InChI is InChI=1S/C14H11N3O2S/c1-8-6-7-15-12(11(8)13(18)19)20-14-16-9-4-2-3-5-10(9)17-14/h2-7H,1H3,(H,16,17)(H,18,19). The summed E-state index contributed by atoms with van der Waals surface area (Å²) < 4.78 is 0. The average molecular weight is 285 g/mol. The van der Waals surface area contributed by atoms with Gasteiger partial charge < -0.3 is 10.1 Å². The number of nitrogens with one attached hydrogen (secondary N) is 1. The lowest BCUT2D eigenvalue weighted by molar-refractivity contribution is 0.0691. The van der Waals surface area contributed by atoms with Crippen LogP contribution in [0, 0.1) is 6.92 Å². The monoisotopic (exact) mass is 285 g/mol. The number of aromatic amines is 1. The predicted molar refractivity (Wildman–Crippen MR) is 76.2 cm³/mol. The molecule has 2 aromatic heterocycles. The summed E-state index contributed by atoms with van der Waals surface area (Å²) in [6.07, 6.45) is 1.60. The first-order valence-corrected chi connectivity index (χ1v) is 6.78. The predicted octanol–water partition coefficient (Wildman–Crippen LogP) is 3.12. The summed E-state index contributed by atoms with van der Waals surface area (Å²) in [5.74, 6) is -0.978. The van der Waals surface area contributed by atoms with Crippen LogP contribution in [0.15, 0.2) is 46.7 Å². The third-order valence-corrected chi connectivity index (χ3v) is 3.79. The van der Waals surface area contributed by atoms with Gasteiger partial charge in [0.25, 0.3) is 0 Å². The highest BCUT2D eigenvalue weighted by atomic mass is 32.2. The van der Waals surface area contributed by atoms with E-state index in [0.29, 0.717) is 15.7 Å². The quantitative estimate of drug-likeness (QED) is 0.773. The molecule has 2 N–H and O–H groups in total. The summed E-state index contributed by atoms with van der Waals surface area (Å²) in [6, 6.07) is 9.34. The molecule has 0 aliphatic rings. The van der Waals surface area contributed by atoms with E-state index in [0.717, 1.165) is 11.0 Å². The second-order valence-electron chi connectivity index (χ2n) is 4.27. The molecule has 0 fully saturated rings. The minimum atomic E-state index is -0.978. The number of rotatable bonds is 3. The number of hydrogen-bond acceptors (Lipinski definition) is 4. The number of aromatic carboxylic acids is 1. The summed E-state index contributed by atoms with van der Waals surface area (Å²) >= 11 is 1.22. The molecule has 0 unspecified atom stereocenters. The fourth-order valence-electron chi connectivity index (χ4n) is 1.94. The van der Waals surface area contributed by atoms with Gasteiger partial charge >= 0.3 is 5.97 Å². The van der Waals surface area contributed by atoms with Crippen LogP contribution in [0.1, 0.15) is 15.9 Å². The van der Waals surface area contributed by atoms with Crippen LogP contribution in [-0.2, 0) is 0 Å². The first-order chi connectivity index (χ1) is 9.65. The number of imidazole rings is 1.